The number of rotatable bonds is 5. The van der Waals surface area contributed by atoms with Crippen molar-refractivity contribution >= 4 is 39.8 Å². The minimum atomic E-state index is -3.06. The van der Waals surface area contributed by atoms with Gasteiger partial charge >= 0.3 is 0 Å². The van der Waals surface area contributed by atoms with Crippen LogP contribution >= 0.6 is 24.0 Å². The van der Waals surface area contributed by atoms with E-state index in [0.717, 1.165) is 23.8 Å². The molecule has 1 N–H and O–H groups in total. The third-order valence-corrected chi connectivity index (χ3v) is 6.91. The number of aliphatic imine (C=N–C) groups is 1. The van der Waals surface area contributed by atoms with Crippen LogP contribution in [0.5, 0.6) is 5.75 Å². The van der Waals surface area contributed by atoms with E-state index in [1.165, 1.54) is 0 Å². The number of hydrogen-bond donors (Lipinski definition) is 1. The number of nitrogens with one attached hydrogen (secondary N) is 1. The van der Waals surface area contributed by atoms with E-state index < -0.39 is 14.6 Å². The van der Waals surface area contributed by atoms with Crippen LogP contribution in [0.25, 0.3) is 0 Å². The summed E-state index contributed by atoms with van der Waals surface area (Å²) in [5.74, 6) is 1.77. The maximum absolute atomic E-state index is 12.2. The van der Waals surface area contributed by atoms with Gasteiger partial charge in [0, 0.05) is 19.6 Å². The topological polar surface area (TPSA) is 71.0 Å². The lowest BCUT2D eigenvalue weighted by Crippen LogP contribution is -2.57. The van der Waals surface area contributed by atoms with E-state index in [-0.39, 0.29) is 29.7 Å². The number of aryl methyl sites for hydroxylation is 1. The highest BCUT2D eigenvalue weighted by Crippen LogP contribution is 2.23. The molecule has 1 heterocycles. The Morgan fingerprint density at radius 3 is 2.65 bits per heavy atom. The summed E-state index contributed by atoms with van der Waals surface area (Å²) in [6.45, 7) is 10.2. The fourth-order valence-corrected chi connectivity index (χ4v) is 4.14. The first-order chi connectivity index (χ1) is 11.8. The van der Waals surface area contributed by atoms with Crippen molar-refractivity contribution in [3.63, 3.8) is 0 Å². The van der Waals surface area contributed by atoms with Crippen LogP contribution in [-0.2, 0) is 9.84 Å². The van der Waals surface area contributed by atoms with Crippen LogP contribution in [0, 0.1) is 6.92 Å². The van der Waals surface area contributed by atoms with Crippen LogP contribution in [0.2, 0.25) is 0 Å². The second-order valence-corrected chi connectivity index (χ2v) is 9.59. The molecule has 2 rings (SSSR count). The SMILES string of the molecule is CCNC(=NCCOc1ccccc1C)N1CCS(=O)(=O)C(C)(C)C1.I. The average Bonchev–Trinajstić information content (AvgIpc) is 2.54. The molecule has 148 valence electrons. The minimum Gasteiger partial charge on any atom is -0.491 e. The summed E-state index contributed by atoms with van der Waals surface area (Å²) in [5.41, 5.74) is 1.10. The molecule has 26 heavy (non-hydrogen) atoms. The summed E-state index contributed by atoms with van der Waals surface area (Å²) >= 11 is 0. The van der Waals surface area contributed by atoms with Crippen LogP contribution < -0.4 is 10.1 Å². The molecular weight excluding hydrogens is 465 g/mol. The van der Waals surface area contributed by atoms with Crippen LogP contribution in [-0.4, -0.2) is 62.6 Å². The third kappa shape index (κ3) is 5.73. The van der Waals surface area contributed by atoms with Gasteiger partial charge in [-0.2, -0.15) is 0 Å². The molecule has 0 bridgehead atoms. The van der Waals surface area contributed by atoms with E-state index in [4.69, 9.17) is 4.74 Å². The first kappa shape index (κ1) is 23.0. The fourth-order valence-electron chi connectivity index (χ4n) is 2.78. The summed E-state index contributed by atoms with van der Waals surface area (Å²) in [5, 5.41) is 3.25. The van der Waals surface area contributed by atoms with Gasteiger partial charge in [0.2, 0.25) is 0 Å². The Labute approximate surface area is 174 Å². The largest absolute Gasteiger partial charge is 0.491 e. The minimum absolute atomic E-state index is 0. The summed E-state index contributed by atoms with van der Waals surface area (Å²) < 4.78 is 29.4. The van der Waals surface area contributed by atoms with Gasteiger partial charge in [0.15, 0.2) is 15.8 Å². The molecule has 0 saturated carbocycles. The van der Waals surface area contributed by atoms with E-state index in [1.54, 1.807) is 13.8 Å². The molecule has 0 aliphatic carbocycles. The van der Waals surface area contributed by atoms with Crippen molar-refractivity contribution in [3.8, 4) is 5.75 Å². The van der Waals surface area contributed by atoms with E-state index in [2.05, 4.69) is 10.3 Å². The highest BCUT2D eigenvalue weighted by molar-refractivity contribution is 14.0. The summed E-state index contributed by atoms with van der Waals surface area (Å²) in [6.07, 6.45) is 0. The van der Waals surface area contributed by atoms with Gasteiger partial charge in [-0.15, -0.1) is 24.0 Å². The molecule has 0 spiro atoms. The molecule has 1 aliphatic heterocycles. The maximum atomic E-state index is 12.2. The Morgan fingerprint density at radius 1 is 1.35 bits per heavy atom. The molecular formula is C18H30IN3O3S. The lowest BCUT2D eigenvalue weighted by molar-refractivity contribution is 0.322. The quantitative estimate of drug-likeness (QED) is 0.294. The number of guanidine groups is 1. The molecule has 1 aromatic carbocycles. The van der Waals surface area contributed by atoms with Gasteiger partial charge in [-0.1, -0.05) is 18.2 Å². The van der Waals surface area contributed by atoms with Gasteiger partial charge in [-0.25, -0.2) is 13.4 Å². The molecule has 0 radical (unpaired) electrons. The van der Waals surface area contributed by atoms with Gasteiger partial charge in [0.1, 0.15) is 12.4 Å². The number of nitrogens with zero attached hydrogens (tertiary/aromatic N) is 2. The van der Waals surface area contributed by atoms with E-state index >= 15 is 0 Å². The average molecular weight is 495 g/mol. The second-order valence-electron chi connectivity index (χ2n) is 6.85. The van der Waals surface area contributed by atoms with Gasteiger partial charge in [0.05, 0.1) is 17.0 Å². The van der Waals surface area contributed by atoms with E-state index in [1.807, 2.05) is 43.0 Å². The number of halogens is 1. The first-order valence-electron chi connectivity index (χ1n) is 8.71. The van der Waals surface area contributed by atoms with Gasteiger partial charge in [-0.05, 0) is 39.3 Å². The number of para-hydroxylation sites is 1. The first-order valence-corrected chi connectivity index (χ1v) is 10.4. The van der Waals surface area contributed by atoms with Crippen LogP contribution in [0.1, 0.15) is 26.3 Å². The Hall–Kier alpha value is -1.03. The molecule has 0 unspecified atom stereocenters. The summed E-state index contributed by atoms with van der Waals surface area (Å²) in [6, 6.07) is 7.89. The van der Waals surface area contributed by atoms with E-state index in [0.29, 0.717) is 26.2 Å². The van der Waals surface area contributed by atoms with Crippen molar-refractivity contribution in [2.75, 3.05) is 38.5 Å². The standard InChI is InChI=1S/C18H29N3O3S.HI/c1-5-19-17(21-11-13-25(22,23)18(3,4)14-21)20-10-12-24-16-9-7-6-8-15(16)2;/h6-9H,5,10-14H2,1-4H3,(H,19,20);1H. The van der Waals surface area contributed by atoms with Crippen LogP contribution in [0.15, 0.2) is 29.3 Å². The molecule has 0 atom stereocenters. The zero-order valence-corrected chi connectivity index (χ0v) is 19.1. The normalized spacial score (nSPS) is 18.8. The fraction of sp³-hybridized carbons (Fsp3) is 0.611. The number of sulfone groups is 1. The number of benzene rings is 1. The van der Waals surface area contributed by atoms with Crippen LogP contribution in [0.3, 0.4) is 0 Å². The third-order valence-electron chi connectivity index (χ3n) is 4.38. The Bertz CT molecular complexity index is 720. The van der Waals surface area contributed by atoms with Crippen LogP contribution in [0.4, 0.5) is 0 Å². The Balaban J connectivity index is 0.00000338. The molecule has 1 saturated heterocycles. The lowest BCUT2D eigenvalue weighted by atomic mass is 10.2. The van der Waals surface area contributed by atoms with Crippen molar-refractivity contribution in [2.24, 2.45) is 4.99 Å². The number of hydrogen-bond acceptors (Lipinski definition) is 4. The summed E-state index contributed by atoms with van der Waals surface area (Å²) in [7, 11) is -3.06. The molecule has 0 amide bonds. The highest BCUT2D eigenvalue weighted by Gasteiger charge is 2.40. The Kier molecular flexibility index (Phi) is 8.65. The predicted octanol–water partition coefficient (Wildman–Crippen LogP) is 2.47. The Morgan fingerprint density at radius 2 is 2.04 bits per heavy atom. The van der Waals surface area contributed by atoms with Gasteiger partial charge in [0.25, 0.3) is 0 Å². The predicted molar refractivity (Wildman–Crippen MR) is 118 cm³/mol. The zero-order chi connectivity index (χ0) is 18.5. The molecule has 0 aromatic heterocycles. The smallest absolute Gasteiger partial charge is 0.194 e. The molecule has 6 nitrogen and oxygen atoms in total. The monoisotopic (exact) mass is 495 g/mol. The van der Waals surface area contributed by atoms with Crippen molar-refractivity contribution in [1.29, 1.82) is 0 Å². The van der Waals surface area contributed by atoms with E-state index in [9.17, 15) is 8.42 Å². The van der Waals surface area contributed by atoms with Crippen molar-refractivity contribution < 1.29 is 13.2 Å². The molecule has 8 heteroatoms. The lowest BCUT2D eigenvalue weighted by Gasteiger charge is -2.39. The van der Waals surface area contributed by atoms with Crippen molar-refractivity contribution in [3.05, 3.63) is 29.8 Å². The summed E-state index contributed by atoms with van der Waals surface area (Å²) in [4.78, 5) is 6.63. The molecule has 1 fully saturated rings. The van der Waals surface area contributed by atoms with Crippen molar-refractivity contribution in [1.82, 2.24) is 10.2 Å². The second kappa shape index (κ2) is 9.77. The molecule has 1 aromatic rings. The highest BCUT2D eigenvalue weighted by atomic mass is 127. The van der Waals surface area contributed by atoms with Gasteiger partial charge in [-0.3, -0.25) is 0 Å². The maximum Gasteiger partial charge on any atom is 0.194 e. The zero-order valence-electron chi connectivity index (χ0n) is 16.0. The number of ether oxygens (including phenoxy) is 1. The van der Waals surface area contributed by atoms with Gasteiger partial charge < -0.3 is 15.0 Å². The van der Waals surface area contributed by atoms with Crippen molar-refractivity contribution in [2.45, 2.75) is 32.4 Å². The molecule has 1 aliphatic rings.